The maximum Gasteiger partial charge on any atom is 0.142 e. The van der Waals surface area contributed by atoms with E-state index in [4.69, 9.17) is 27.9 Å². The van der Waals surface area contributed by atoms with Crippen molar-refractivity contribution in [3.63, 3.8) is 0 Å². The molecule has 0 bridgehead atoms. The van der Waals surface area contributed by atoms with Crippen molar-refractivity contribution in [3.05, 3.63) is 57.8 Å². The minimum atomic E-state index is -0.320. The van der Waals surface area contributed by atoms with Crippen LogP contribution < -0.4 is 10.1 Å². The Hall–Kier alpha value is -1.45. The highest BCUT2D eigenvalue weighted by atomic mass is 35.5. The van der Waals surface area contributed by atoms with Crippen molar-refractivity contribution in [3.8, 4) is 5.75 Å². The Kier molecular flexibility index (Phi) is 4.51. The summed E-state index contributed by atoms with van der Waals surface area (Å²) in [6, 6.07) is 9.49. The van der Waals surface area contributed by atoms with Gasteiger partial charge >= 0.3 is 0 Å². The summed E-state index contributed by atoms with van der Waals surface area (Å²) in [6.07, 6.45) is 0. The molecule has 0 aliphatic heterocycles. The predicted octanol–water partition coefficient (Wildman–Crippen LogP) is 4.75. The van der Waals surface area contributed by atoms with Crippen LogP contribution >= 0.6 is 23.2 Å². The molecule has 0 heterocycles. The van der Waals surface area contributed by atoms with Gasteiger partial charge in [-0.05, 0) is 42.0 Å². The van der Waals surface area contributed by atoms with E-state index in [-0.39, 0.29) is 5.82 Å². The summed E-state index contributed by atoms with van der Waals surface area (Å²) in [5.74, 6) is 0.344. The van der Waals surface area contributed by atoms with E-state index < -0.39 is 0 Å². The molecule has 0 amide bonds. The Labute approximate surface area is 121 Å². The van der Waals surface area contributed by atoms with Gasteiger partial charge in [0, 0.05) is 16.6 Å². The van der Waals surface area contributed by atoms with Gasteiger partial charge in [-0.3, -0.25) is 0 Å². The normalized spacial score (nSPS) is 10.3. The number of methoxy groups -OCH3 is 1. The summed E-state index contributed by atoms with van der Waals surface area (Å²) in [5.41, 5.74) is 1.40. The molecule has 2 nitrogen and oxygen atoms in total. The topological polar surface area (TPSA) is 21.3 Å². The largest absolute Gasteiger partial charge is 0.495 e. The van der Waals surface area contributed by atoms with Crippen LogP contribution in [0.4, 0.5) is 10.1 Å². The molecular formula is C14H12Cl2FNO. The number of rotatable bonds is 4. The Morgan fingerprint density at radius 2 is 1.95 bits per heavy atom. The highest BCUT2D eigenvalue weighted by molar-refractivity contribution is 6.31. The average molecular weight is 300 g/mol. The first-order chi connectivity index (χ1) is 9.10. The van der Waals surface area contributed by atoms with Crippen LogP contribution in [0, 0.1) is 5.82 Å². The third-order valence-electron chi connectivity index (χ3n) is 2.64. The van der Waals surface area contributed by atoms with Gasteiger partial charge < -0.3 is 10.1 Å². The molecule has 0 saturated heterocycles. The molecule has 5 heteroatoms. The molecule has 1 N–H and O–H groups in total. The summed E-state index contributed by atoms with van der Waals surface area (Å²) < 4.78 is 18.4. The fourth-order valence-corrected chi connectivity index (χ4v) is 2.04. The quantitative estimate of drug-likeness (QED) is 0.879. The molecule has 0 aliphatic carbocycles. The number of benzene rings is 2. The first kappa shape index (κ1) is 14.0. The van der Waals surface area contributed by atoms with E-state index in [1.165, 1.54) is 18.2 Å². The third kappa shape index (κ3) is 3.52. The van der Waals surface area contributed by atoms with Gasteiger partial charge in [0.15, 0.2) is 0 Å². The average Bonchev–Trinajstić information content (AvgIpc) is 2.40. The van der Waals surface area contributed by atoms with Crippen LogP contribution in [0.3, 0.4) is 0 Å². The summed E-state index contributed by atoms with van der Waals surface area (Å²) in [6.45, 7) is 0.382. The van der Waals surface area contributed by atoms with E-state index in [1.54, 1.807) is 25.3 Å². The highest BCUT2D eigenvalue weighted by Crippen LogP contribution is 2.28. The van der Waals surface area contributed by atoms with Gasteiger partial charge in [0.05, 0.1) is 12.8 Å². The second-order valence-electron chi connectivity index (χ2n) is 3.93. The summed E-state index contributed by atoms with van der Waals surface area (Å²) in [7, 11) is 1.57. The lowest BCUT2D eigenvalue weighted by atomic mass is 10.2. The maximum atomic E-state index is 13.2. The molecule has 0 spiro atoms. The Morgan fingerprint density at radius 1 is 1.16 bits per heavy atom. The van der Waals surface area contributed by atoms with E-state index in [9.17, 15) is 4.39 Å². The minimum Gasteiger partial charge on any atom is -0.495 e. The predicted molar refractivity (Wildman–Crippen MR) is 76.7 cm³/mol. The second-order valence-corrected chi connectivity index (χ2v) is 4.78. The molecule has 0 aromatic heterocycles. The monoisotopic (exact) mass is 299 g/mol. The number of halogens is 3. The number of hydrogen-bond donors (Lipinski definition) is 1. The van der Waals surface area contributed by atoms with E-state index in [0.717, 1.165) is 5.69 Å². The van der Waals surface area contributed by atoms with E-state index >= 15 is 0 Å². The van der Waals surface area contributed by atoms with Crippen molar-refractivity contribution in [1.29, 1.82) is 0 Å². The van der Waals surface area contributed by atoms with Crippen molar-refractivity contribution in [2.45, 2.75) is 6.54 Å². The fourth-order valence-electron chi connectivity index (χ4n) is 1.69. The zero-order valence-corrected chi connectivity index (χ0v) is 11.7. The van der Waals surface area contributed by atoms with E-state index in [2.05, 4.69) is 5.32 Å². The molecular weight excluding hydrogens is 288 g/mol. The van der Waals surface area contributed by atoms with Gasteiger partial charge in [0.1, 0.15) is 11.6 Å². The molecule has 0 unspecified atom stereocenters. The zero-order chi connectivity index (χ0) is 13.8. The number of anilines is 1. The molecule has 100 valence electrons. The van der Waals surface area contributed by atoms with Gasteiger partial charge in [0.2, 0.25) is 0 Å². The molecule has 2 aromatic carbocycles. The molecule has 0 atom stereocenters. The van der Waals surface area contributed by atoms with Gasteiger partial charge in [0.25, 0.3) is 0 Å². The molecule has 0 saturated carbocycles. The fraction of sp³-hybridized carbons (Fsp3) is 0.143. The van der Waals surface area contributed by atoms with Crippen LogP contribution in [-0.4, -0.2) is 7.11 Å². The van der Waals surface area contributed by atoms with Crippen molar-refractivity contribution in [1.82, 2.24) is 0 Å². The SMILES string of the molecule is COc1ccc(Cl)cc1NCc1cc(F)ccc1Cl. The lowest BCUT2D eigenvalue weighted by Crippen LogP contribution is -2.02. The Balaban J connectivity index is 2.18. The van der Waals surface area contributed by atoms with Crippen molar-refractivity contribution >= 4 is 28.9 Å². The molecule has 0 aliphatic rings. The first-order valence-electron chi connectivity index (χ1n) is 5.61. The van der Waals surface area contributed by atoms with Crippen molar-refractivity contribution in [2.75, 3.05) is 12.4 Å². The molecule has 2 aromatic rings. The van der Waals surface area contributed by atoms with E-state index in [1.807, 2.05) is 0 Å². The number of ether oxygens (including phenoxy) is 1. The van der Waals surface area contributed by atoms with Gasteiger partial charge in [-0.25, -0.2) is 4.39 Å². The maximum absolute atomic E-state index is 13.2. The zero-order valence-electron chi connectivity index (χ0n) is 10.2. The van der Waals surface area contributed by atoms with Gasteiger partial charge in [-0.15, -0.1) is 0 Å². The third-order valence-corrected chi connectivity index (χ3v) is 3.24. The van der Waals surface area contributed by atoms with E-state index in [0.29, 0.717) is 27.9 Å². The molecule has 19 heavy (non-hydrogen) atoms. The van der Waals surface area contributed by atoms with Crippen LogP contribution in [0.1, 0.15) is 5.56 Å². The smallest absolute Gasteiger partial charge is 0.142 e. The first-order valence-corrected chi connectivity index (χ1v) is 6.37. The lowest BCUT2D eigenvalue weighted by molar-refractivity contribution is 0.416. The van der Waals surface area contributed by atoms with Gasteiger partial charge in [-0.1, -0.05) is 23.2 Å². The standard InChI is InChI=1S/C14H12Cl2FNO/c1-19-14-5-2-10(15)7-13(14)18-8-9-6-11(17)3-4-12(9)16/h2-7,18H,8H2,1H3. The Morgan fingerprint density at radius 3 is 2.68 bits per heavy atom. The number of nitrogens with one attached hydrogen (secondary N) is 1. The lowest BCUT2D eigenvalue weighted by Gasteiger charge is -2.12. The minimum absolute atomic E-state index is 0.320. The van der Waals surface area contributed by atoms with Crippen LogP contribution in [-0.2, 0) is 6.54 Å². The van der Waals surface area contributed by atoms with Gasteiger partial charge in [-0.2, -0.15) is 0 Å². The van der Waals surface area contributed by atoms with Crippen LogP contribution in [0.15, 0.2) is 36.4 Å². The highest BCUT2D eigenvalue weighted by Gasteiger charge is 2.06. The number of hydrogen-bond acceptors (Lipinski definition) is 2. The molecule has 0 fully saturated rings. The summed E-state index contributed by atoms with van der Waals surface area (Å²) >= 11 is 11.9. The Bertz CT molecular complexity index is 590. The molecule has 2 rings (SSSR count). The van der Waals surface area contributed by atoms with Crippen LogP contribution in [0.5, 0.6) is 5.75 Å². The van der Waals surface area contributed by atoms with Crippen LogP contribution in [0.25, 0.3) is 0 Å². The summed E-state index contributed by atoms with van der Waals surface area (Å²) in [4.78, 5) is 0. The molecule has 0 radical (unpaired) electrons. The van der Waals surface area contributed by atoms with Crippen LogP contribution in [0.2, 0.25) is 10.0 Å². The second kappa shape index (κ2) is 6.13. The van der Waals surface area contributed by atoms with Crippen molar-refractivity contribution < 1.29 is 9.13 Å². The summed E-state index contributed by atoms with van der Waals surface area (Å²) in [5, 5.41) is 4.23. The van der Waals surface area contributed by atoms with Crippen molar-refractivity contribution in [2.24, 2.45) is 0 Å².